The summed E-state index contributed by atoms with van der Waals surface area (Å²) in [6.45, 7) is 2.81. The van der Waals surface area contributed by atoms with Crippen molar-refractivity contribution in [3.05, 3.63) is 33.9 Å². The molecule has 1 aromatic rings. The minimum Gasteiger partial charge on any atom is -0.493 e. The zero-order valence-corrected chi connectivity index (χ0v) is 15.8. The summed E-state index contributed by atoms with van der Waals surface area (Å²) in [6.07, 6.45) is 3.55. The van der Waals surface area contributed by atoms with Gasteiger partial charge in [0, 0.05) is 24.7 Å². The average Bonchev–Trinajstić information content (AvgIpc) is 3.40. The second kappa shape index (κ2) is 8.55. The number of nitro benzene ring substituents is 1. The number of nitro groups is 1. The molecule has 152 valence electrons. The summed E-state index contributed by atoms with van der Waals surface area (Å²) in [6, 6.07) is 4.28. The van der Waals surface area contributed by atoms with Crippen LogP contribution in [0.25, 0.3) is 0 Å². The summed E-state index contributed by atoms with van der Waals surface area (Å²) in [5, 5.41) is 23.3. The van der Waals surface area contributed by atoms with Crippen molar-refractivity contribution >= 4 is 17.6 Å². The van der Waals surface area contributed by atoms with Crippen molar-refractivity contribution in [2.24, 2.45) is 5.92 Å². The Kier molecular flexibility index (Phi) is 6.13. The van der Waals surface area contributed by atoms with Gasteiger partial charge in [-0.05, 0) is 44.6 Å². The van der Waals surface area contributed by atoms with Gasteiger partial charge >= 0.3 is 5.97 Å². The Morgan fingerprint density at radius 2 is 2.07 bits per heavy atom. The van der Waals surface area contributed by atoms with Crippen molar-refractivity contribution in [2.45, 2.75) is 44.7 Å². The van der Waals surface area contributed by atoms with Crippen LogP contribution in [-0.2, 0) is 4.79 Å². The van der Waals surface area contributed by atoms with Gasteiger partial charge in [-0.1, -0.05) is 6.07 Å². The molecule has 2 saturated carbocycles. The molecule has 0 heterocycles. The van der Waals surface area contributed by atoms with Crippen LogP contribution >= 0.6 is 0 Å². The molecule has 0 aromatic heterocycles. The standard InChI is InChI=1S/C19H25N3O6/c1-2-28-16-5-3-4-15(22(26)27)18(16)19(25)20-13-8-14(9-13)21(11-17(23)24)10-12-6-7-12/h3-5,12-14H,2,6-11H2,1H3,(H,20,25)(H,23,24). The second-order valence-electron chi connectivity index (χ2n) is 7.40. The highest BCUT2D eigenvalue weighted by Crippen LogP contribution is 2.34. The van der Waals surface area contributed by atoms with E-state index in [0.29, 0.717) is 18.8 Å². The third kappa shape index (κ3) is 4.78. The zero-order chi connectivity index (χ0) is 20.3. The predicted molar refractivity (Wildman–Crippen MR) is 100 cm³/mol. The van der Waals surface area contributed by atoms with Crippen molar-refractivity contribution in [1.29, 1.82) is 0 Å². The van der Waals surface area contributed by atoms with Crippen molar-refractivity contribution in [3.8, 4) is 5.75 Å². The number of hydrogen-bond donors (Lipinski definition) is 2. The smallest absolute Gasteiger partial charge is 0.317 e. The van der Waals surface area contributed by atoms with Gasteiger partial charge in [0.05, 0.1) is 18.1 Å². The number of rotatable bonds is 10. The Morgan fingerprint density at radius 3 is 2.64 bits per heavy atom. The molecule has 0 atom stereocenters. The van der Waals surface area contributed by atoms with E-state index in [1.165, 1.54) is 12.1 Å². The van der Waals surface area contributed by atoms with Gasteiger partial charge in [-0.3, -0.25) is 24.6 Å². The van der Waals surface area contributed by atoms with Crippen molar-refractivity contribution in [2.75, 3.05) is 19.7 Å². The van der Waals surface area contributed by atoms with Gasteiger partial charge in [-0.2, -0.15) is 0 Å². The van der Waals surface area contributed by atoms with Gasteiger partial charge in [-0.15, -0.1) is 0 Å². The fourth-order valence-corrected chi connectivity index (χ4v) is 3.59. The lowest BCUT2D eigenvalue weighted by Gasteiger charge is -2.42. The predicted octanol–water partition coefficient (Wildman–Crippen LogP) is 2.05. The first-order valence-corrected chi connectivity index (χ1v) is 9.56. The van der Waals surface area contributed by atoms with E-state index >= 15 is 0 Å². The Bertz CT molecular complexity index is 758. The van der Waals surface area contributed by atoms with Crippen molar-refractivity contribution < 1.29 is 24.4 Å². The minimum absolute atomic E-state index is 0.000474. The van der Waals surface area contributed by atoms with Crippen LogP contribution in [-0.4, -0.2) is 58.6 Å². The van der Waals surface area contributed by atoms with Gasteiger partial charge in [0.15, 0.2) is 5.56 Å². The van der Waals surface area contributed by atoms with Crippen LogP contribution in [0.3, 0.4) is 0 Å². The lowest BCUT2D eigenvalue weighted by molar-refractivity contribution is -0.385. The average molecular weight is 391 g/mol. The molecule has 0 saturated heterocycles. The fourth-order valence-electron chi connectivity index (χ4n) is 3.59. The van der Waals surface area contributed by atoms with Crippen molar-refractivity contribution in [3.63, 3.8) is 0 Å². The number of amides is 1. The third-order valence-electron chi connectivity index (χ3n) is 5.22. The number of carboxylic acid groups (broad SMARTS) is 1. The highest BCUT2D eigenvalue weighted by atomic mass is 16.6. The molecule has 0 unspecified atom stereocenters. The molecule has 28 heavy (non-hydrogen) atoms. The van der Waals surface area contributed by atoms with Gasteiger partial charge < -0.3 is 15.2 Å². The highest BCUT2D eigenvalue weighted by Gasteiger charge is 2.38. The van der Waals surface area contributed by atoms with E-state index in [-0.39, 0.29) is 42.2 Å². The van der Waals surface area contributed by atoms with Crippen LogP contribution in [0, 0.1) is 16.0 Å². The molecule has 0 radical (unpaired) electrons. The summed E-state index contributed by atoms with van der Waals surface area (Å²) >= 11 is 0. The Labute approximate surface area is 162 Å². The molecule has 1 amide bonds. The molecule has 2 fully saturated rings. The molecule has 2 aliphatic rings. The van der Waals surface area contributed by atoms with E-state index in [9.17, 15) is 19.7 Å². The van der Waals surface area contributed by atoms with Gasteiger partial charge in [0.25, 0.3) is 11.6 Å². The summed E-state index contributed by atoms with van der Waals surface area (Å²) in [5.74, 6) is -0.624. The Morgan fingerprint density at radius 1 is 1.36 bits per heavy atom. The molecule has 1 aromatic carbocycles. The first-order chi connectivity index (χ1) is 13.4. The Balaban J connectivity index is 1.63. The summed E-state index contributed by atoms with van der Waals surface area (Å²) in [7, 11) is 0. The topological polar surface area (TPSA) is 122 Å². The van der Waals surface area contributed by atoms with E-state index < -0.39 is 16.8 Å². The molecule has 9 nitrogen and oxygen atoms in total. The molecule has 0 bridgehead atoms. The first-order valence-electron chi connectivity index (χ1n) is 9.56. The first kappa shape index (κ1) is 20.1. The number of carbonyl (C=O) groups is 2. The lowest BCUT2D eigenvalue weighted by atomic mass is 9.85. The minimum atomic E-state index is -0.852. The van der Waals surface area contributed by atoms with Crippen LogP contribution in [0.2, 0.25) is 0 Å². The summed E-state index contributed by atoms with van der Waals surface area (Å²) in [5.41, 5.74) is -0.362. The van der Waals surface area contributed by atoms with E-state index in [4.69, 9.17) is 9.84 Å². The van der Waals surface area contributed by atoms with E-state index in [1.54, 1.807) is 13.0 Å². The number of aliphatic carboxylic acids is 1. The summed E-state index contributed by atoms with van der Waals surface area (Å²) < 4.78 is 5.40. The van der Waals surface area contributed by atoms with Gasteiger partial charge in [0.1, 0.15) is 5.75 Å². The number of benzene rings is 1. The molecule has 3 rings (SSSR count). The fraction of sp³-hybridized carbons (Fsp3) is 0.579. The molecular formula is C19H25N3O6. The van der Waals surface area contributed by atoms with E-state index in [1.807, 2.05) is 4.90 Å². The Hall–Kier alpha value is -2.68. The number of hydrogen-bond acceptors (Lipinski definition) is 6. The molecule has 9 heteroatoms. The third-order valence-corrected chi connectivity index (χ3v) is 5.22. The maximum Gasteiger partial charge on any atom is 0.317 e. The van der Waals surface area contributed by atoms with Crippen LogP contribution in [0.1, 0.15) is 43.0 Å². The largest absolute Gasteiger partial charge is 0.493 e. The number of ether oxygens (including phenoxy) is 1. The van der Waals surface area contributed by atoms with Gasteiger partial charge in [-0.25, -0.2) is 0 Å². The molecular weight excluding hydrogens is 366 g/mol. The van der Waals surface area contributed by atoms with Crippen LogP contribution in [0.4, 0.5) is 5.69 Å². The van der Waals surface area contributed by atoms with Gasteiger partial charge in [0.2, 0.25) is 0 Å². The maximum atomic E-state index is 12.7. The SMILES string of the molecule is CCOc1cccc([N+](=O)[O-])c1C(=O)NC1CC(N(CC(=O)O)CC2CC2)C1. The van der Waals surface area contributed by atoms with E-state index in [2.05, 4.69) is 5.32 Å². The molecule has 0 spiro atoms. The number of carboxylic acids is 1. The quantitative estimate of drug-likeness (QED) is 0.462. The summed E-state index contributed by atoms with van der Waals surface area (Å²) in [4.78, 5) is 36.5. The normalized spacial score (nSPS) is 21.1. The zero-order valence-electron chi connectivity index (χ0n) is 15.8. The maximum absolute atomic E-state index is 12.7. The van der Waals surface area contributed by atoms with Crippen molar-refractivity contribution in [1.82, 2.24) is 10.2 Å². The highest BCUT2D eigenvalue weighted by molar-refractivity contribution is 6.01. The van der Waals surface area contributed by atoms with Crippen LogP contribution in [0.5, 0.6) is 5.75 Å². The number of carbonyl (C=O) groups excluding carboxylic acids is 1. The van der Waals surface area contributed by atoms with Crippen LogP contribution < -0.4 is 10.1 Å². The number of nitrogens with zero attached hydrogens (tertiary/aromatic N) is 2. The monoisotopic (exact) mass is 391 g/mol. The molecule has 2 N–H and O–H groups in total. The number of nitrogens with one attached hydrogen (secondary N) is 1. The van der Waals surface area contributed by atoms with E-state index in [0.717, 1.165) is 19.4 Å². The lowest BCUT2D eigenvalue weighted by Crippen LogP contribution is -2.55. The van der Waals surface area contributed by atoms with Crippen LogP contribution in [0.15, 0.2) is 18.2 Å². The molecule has 0 aliphatic heterocycles. The second-order valence-corrected chi connectivity index (χ2v) is 7.40. The molecule has 2 aliphatic carbocycles.